The molecule has 0 aliphatic carbocycles. The fraction of sp³-hybridized carbons (Fsp3) is 0.357. The van der Waals surface area contributed by atoms with Gasteiger partial charge in [0.25, 0.3) is 0 Å². The van der Waals surface area contributed by atoms with Crippen molar-refractivity contribution < 1.29 is 0 Å². The largest absolute Gasteiger partial charge is 0.255 e. The van der Waals surface area contributed by atoms with E-state index in [2.05, 4.69) is 98.6 Å². The van der Waals surface area contributed by atoms with Crippen LogP contribution in [0.25, 0.3) is 12.2 Å². The van der Waals surface area contributed by atoms with Crippen LogP contribution in [-0.2, 0) is 0 Å². The molecular formula is C28H36N2. The Morgan fingerprint density at radius 2 is 1.23 bits per heavy atom. The van der Waals surface area contributed by atoms with Crippen molar-refractivity contribution in [2.45, 2.75) is 65.7 Å². The molecule has 2 aromatic carbocycles. The number of allylic oxidation sites excluding steroid dienone is 2. The highest BCUT2D eigenvalue weighted by atomic mass is 14.8. The average molecular weight is 401 g/mol. The van der Waals surface area contributed by atoms with Crippen LogP contribution < -0.4 is 0 Å². The zero-order valence-electron chi connectivity index (χ0n) is 18.8. The van der Waals surface area contributed by atoms with Crippen LogP contribution in [0.2, 0.25) is 0 Å². The maximum Gasteiger partial charge on any atom is 0.0634 e. The lowest BCUT2D eigenvalue weighted by Crippen LogP contribution is -1.99. The van der Waals surface area contributed by atoms with Crippen LogP contribution in [0.3, 0.4) is 0 Å². The number of hydrogen-bond acceptors (Lipinski definition) is 2. The topological polar surface area (TPSA) is 24.7 Å². The van der Waals surface area contributed by atoms with Crippen molar-refractivity contribution in [1.82, 2.24) is 0 Å². The molecule has 0 amide bonds. The minimum absolute atomic E-state index is 0.940. The highest BCUT2D eigenvalue weighted by molar-refractivity contribution is 6.31. The summed E-state index contributed by atoms with van der Waals surface area (Å²) in [5.74, 6) is 0. The highest BCUT2D eigenvalue weighted by Crippen LogP contribution is 2.17. The predicted octanol–water partition coefficient (Wildman–Crippen LogP) is 8.98. The standard InChI is InChI=1S/C28H36N2/c1-4-7-10-12-24-15-19-26(20-16-24)29-23-28(14-9-6-3)30-27-21-17-25(18-22-27)13-11-8-5-2/h10-13,15-23H,4-9,14H2,1-3H3. The molecule has 0 saturated heterocycles. The zero-order valence-corrected chi connectivity index (χ0v) is 18.8. The highest BCUT2D eigenvalue weighted by Gasteiger charge is 1.99. The second-order valence-corrected chi connectivity index (χ2v) is 7.53. The summed E-state index contributed by atoms with van der Waals surface area (Å²) in [4.78, 5) is 9.52. The lowest BCUT2D eigenvalue weighted by molar-refractivity contribution is 0.839. The normalized spacial score (nSPS) is 12.6. The Kier molecular flexibility index (Phi) is 11.2. The molecular weight excluding hydrogens is 364 g/mol. The maximum absolute atomic E-state index is 4.85. The molecule has 2 heteroatoms. The van der Waals surface area contributed by atoms with E-state index in [4.69, 9.17) is 4.99 Å². The van der Waals surface area contributed by atoms with E-state index in [1.165, 1.54) is 24.0 Å². The third-order valence-corrected chi connectivity index (χ3v) is 4.74. The molecule has 0 heterocycles. The number of rotatable bonds is 12. The van der Waals surface area contributed by atoms with Crippen molar-refractivity contribution in [1.29, 1.82) is 0 Å². The van der Waals surface area contributed by atoms with Crippen LogP contribution >= 0.6 is 0 Å². The van der Waals surface area contributed by atoms with E-state index < -0.39 is 0 Å². The molecule has 0 saturated carbocycles. The number of hydrogen-bond donors (Lipinski definition) is 0. The van der Waals surface area contributed by atoms with Gasteiger partial charge in [-0.15, -0.1) is 0 Å². The molecule has 2 rings (SSSR count). The number of unbranched alkanes of at least 4 members (excludes halogenated alkanes) is 3. The van der Waals surface area contributed by atoms with Gasteiger partial charge in [-0.05, 0) is 61.1 Å². The van der Waals surface area contributed by atoms with E-state index in [1.54, 1.807) is 0 Å². The van der Waals surface area contributed by atoms with Gasteiger partial charge in [-0.25, -0.2) is 0 Å². The molecule has 2 nitrogen and oxygen atoms in total. The summed E-state index contributed by atoms with van der Waals surface area (Å²) in [6.07, 6.45) is 18.5. The van der Waals surface area contributed by atoms with Crippen LogP contribution in [0.15, 0.2) is 70.7 Å². The van der Waals surface area contributed by atoms with Gasteiger partial charge in [-0.3, -0.25) is 9.98 Å². The molecule has 0 radical (unpaired) electrons. The van der Waals surface area contributed by atoms with Gasteiger partial charge < -0.3 is 0 Å². The van der Waals surface area contributed by atoms with Gasteiger partial charge in [0.2, 0.25) is 0 Å². The first-order valence-electron chi connectivity index (χ1n) is 11.4. The van der Waals surface area contributed by atoms with E-state index in [-0.39, 0.29) is 0 Å². The fourth-order valence-corrected chi connectivity index (χ4v) is 2.93. The van der Waals surface area contributed by atoms with Crippen molar-refractivity contribution in [2.75, 3.05) is 0 Å². The molecule has 0 fully saturated rings. The molecule has 158 valence electrons. The summed E-state index contributed by atoms with van der Waals surface area (Å²) in [5, 5.41) is 0. The Morgan fingerprint density at radius 3 is 1.73 bits per heavy atom. The van der Waals surface area contributed by atoms with Gasteiger partial charge in [0.15, 0.2) is 0 Å². The molecule has 0 unspecified atom stereocenters. The summed E-state index contributed by atoms with van der Waals surface area (Å²) in [7, 11) is 0. The Labute approximate surface area is 183 Å². The smallest absolute Gasteiger partial charge is 0.0634 e. The van der Waals surface area contributed by atoms with Gasteiger partial charge in [-0.1, -0.05) is 88.6 Å². The van der Waals surface area contributed by atoms with Crippen LogP contribution in [0.1, 0.15) is 76.8 Å². The van der Waals surface area contributed by atoms with Crippen LogP contribution in [-0.4, -0.2) is 11.9 Å². The van der Waals surface area contributed by atoms with Crippen molar-refractivity contribution >= 4 is 35.5 Å². The second-order valence-electron chi connectivity index (χ2n) is 7.53. The first kappa shape index (κ1) is 23.5. The number of benzene rings is 2. The van der Waals surface area contributed by atoms with E-state index in [9.17, 15) is 0 Å². The number of aliphatic imine (C=N–C) groups is 2. The van der Waals surface area contributed by atoms with Gasteiger partial charge >= 0.3 is 0 Å². The number of nitrogens with zero attached hydrogens (tertiary/aromatic N) is 2. The molecule has 2 aromatic rings. The Morgan fingerprint density at radius 1 is 0.700 bits per heavy atom. The Balaban J connectivity index is 2.09. The Hall–Kier alpha value is -2.74. The maximum atomic E-state index is 4.85. The molecule has 0 aliphatic rings. The van der Waals surface area contributed by atoms with E-state index in [0.29, 0.717) is 0 Å². The summed E-state index contributed by atoms with van der Waals surface area (Å²) in [6, 6.07) is 16.8. The molecule has 0 N–H and O–H groups in total. The molecule has 0 aromatic heterocycles. The predicted molar refractivity (Wildman–Crippen MR) is 136 cm³/mol. The van der Waals surface area contributed by atoms with E-state index >= 15 is 0 Å². The first-order chi connectivity index (χ1) is 14.7. The summed E-state index contributed by atoms with van der Waals surface area (Å²) < 4.78 is 0. The lowest BCUT2D eigenvalue weighted by atomic mass is 10.1. The van der Waals surface area contributed by atoms with Crippen molar-refractivity contribution in [2.24, 2.45) is 9.98 Å². The molecule has 0 atom stereocenters. The molecule has 0 bridgehead atoms. The fourth-order valence-electron chi connectivity index (χ4n) is 2.93. The molecule has 30 heavy (non-hydrogen) atoms. The van der Waals surface area contributed by atoms with Crippen LogP contribution in [0.5, 0.6) is 0 Å². The van der Waals surface area contributed by atoms with Gasteiger partial charge in [-0.2, -0.15) is 0 Å². The SMILES string of the molecule is CCCC=Cc1ccc(N=CC(CCCC)=Nc2ccc(C=CCCC)cc2)cc1. The van der Waals surface area contributed by atoms with Crippen molar-refractivity contribution in [3.8, 4) is 0 Å². The lowest BCUT2D eigenvalue weighted by Gasteiger charge is -2.02. The summed E-state index contributed by atoms with van der Waals surface area (Å²) in [5.41, 5.74) is 5.41. The van der Waals surface area contributed by atoms with Crippen molar-refractivity contribution in [3.05, 3.63) is 71.8 Å². The van der Waals surface area contributed by atoms with Crippen LogP contribution in [0, 0.1) is 0 Å². The minimum atomic E-state index is 0.940. The first-order valence-corrected chi connectivity index (χ1v) is 11.4. The van der Waals surface area contributed by atoms with Crippen LogP contribution in [0.4, 0.5) is 11.4 Å². The van der Waals surface area contributed by atoms with Gasteiger partial charge in [0.05, 0.1) is 17.1 Å². The molecule has 0 spiro atoms. The van der Waals surface area contributed by atoms with Gasteiger partial charge in [0, 0.05) is 6.21 Å². The third-order valence-electron chi connectivity index (χ3n) is 4.74. The Bertz CT molecular complexity index is 837. The second kappa shape index (κ2) is 14.3. The summed E-state index contributed by atoms with van der Waals surface area (Å²) >= 11 is 0. The minimum Gasteiger partial charge on any atom is -0.255 e. The van der Waals surface area contributed by atoms with E-state index in [0.717, 1.165) is 49.2 Å². The quantitative estimate of drug-likeness (QED) is 0.318. The zero-order chi connectivity index (χ0) is 21.4. The average Bonchev–Trinajstić information content (AvgIpc) is 2.78. The van der Waals surface area contributed by atoms with Gasteiger partial charge in [0.1, 0.15) is 0 Å². The molecule has 0 aliphatic heterocycles. The summed E-state index contributed by atoms with van der Waals surface area (Å²) in [6.45, 7) is 6.59. The third kappa shape index (κ3) is 9.17. The van der Waals surface area contributed by atoms with Crippen molar-refractivity contribution in [3.63, 3.8) is 0 Å². The monoisotopic (exact) mass is 400 g/mol. The van der Waals surface area contributed by atoms with E-state index in [1.807, 2.05) is 6.21 Å².